The second-order valence-electron chi connectivity index (χ2n) is 5.34. The van der Waals surface area contributed by atoms with Crippen LogP contribution in [-0.2, 0) is 20.4 Å². The first kappa shape index (κ1) is 15.7. The molecule has 4 nitrogen and oxygen atoms in total. The van der Waals surface area contributed by atoms with E-state index in [1.165, 1.54) is 0 Å². The first-order valence-electron chi connectivity index (χ1n) is 6.44. The summed E-state index contributed by atoms with van der Waals surface area (Å²) in [7, 11) is -1.83. The number of aromatic hydroxyl groups is 1. The van der Waals surface area contributed by atoms with Gasteiger partial charge in [0.1, 0.15) is 11.9 Å². The highest BCUT2D eigenvalue weighted by molar-refractivity contribution is 6.69. The van der Waals surface area contributed by atoms with Crippen molar-refractivity contribution in [1.82, 2.24) is 0 Å². The summed E-state index contributed by atoms with van der Waals surface area (Å²) in [6.45, 7) is 8.24. The Balaban J connectivity index is 2.78. The number of carbonyl (C=O) groups is 1. The monoisotopic (exact) mass is 282 g/mol. The van der Waals surface area contributed by atoms with E-state index in [1.54, 1.807) is 31.2 Å². The fourth-order valence-corrected chi connectivity index (χ4v) is 2.71. The molecular weight excluding hydrogens is 260 g/mol. The summed E-state index contributed by atoms with van der Waals surface area (Å²) in [4.78, 5) is 11.9. The Bertz CT molecular complexity index is 408. The van der Waals surface area contributed by atoms with Crippen LogP contribution in [0, 0.1) is 0 Å². The zero-order valence-corrected chi connectivity index (χ0v) is 13.0. The number of phenols is 1. The Morgan fingerprint density at radius 3 is 2.32 bits per heavy atom. The van der Waals surface area contributed by atoms with Gasteiger partial charge in [-0.25, -0.2) is 4.79 Å². The molecule has 0 spiro atoms. The number of benzene rings is 1. The van der Waals surface area contributed by atoms with Crippen molar-refractivity contribution >= 4 is 14.3 Å². The van der Waals surface area contributed by atoms with Gasteiger partial charge >= 0.3 is 5.97 Å². The topological polar surface area (TPSA) is 55.8 Å². The van der Waals surface area contributed by atoms with Gasteiger partial charge in [-0.1, -0.05) is 12.1 Å². The molecular formula is C14H22O4Si. The average molecular weight is 282 g/mol. The van der Waals surface area contributed by atoms with E-state index in [9.17, 15) is 9.90 Å². The minimum absolute atomic E-state index is 0.211. The van der Waals surface area contributed by atoms with Crippen LogP contribution in [0.15, 0.2) is 24.3 Å². The summed E-state index contributed by atoms with van der Waals surface area (Å²) in [5.74, 6) is -0.111. The van der Waals surface area contributed by atoms with Crippen molar-refractivity contribution < 1.29 is 19.1 Å². The van der Waals surface area contributed by atoms with Crippen molar-refractivity contribution in [1.29, 1.82) is 0 Å². The van der Waals surface area contributed by atoms with Crippen molar-refractivity contribution in [3.05, 3.63) is 29.8 Å². The second kappa shape index (κ2) is 6.72. The lowest BCUT2D eigenvalue weighted by Crippen LogP contribution is -2.39. The SMILES string of the molecule is CCOC(=O)C(Cc1ccc(O)cc1)O[Si](C)(C)C. The van der Waals surface area contributed by atoms with E-state index < -0.39 is 14.4 Å². The molecule has 0 radical (unpaired) electrons. The lowest BCUT2D eigenvalue weighted by molar-refractivity contribution is -0.151. The van der Waals surface area contributed by atoms with Gasteiger partial charge in [0.2, 0.25) is 0 Å². The number of hydrogen-bond acceptors (Lipinski definition) is 4. The highest BCUT2D eigenvalue weighted by Gasteiger charge is 2.27. The Morgan fingerprint density at radius 2 is 1.84 bits per heavy atom. The number of rotatable bonds is 6. The van der Waals surface area contributed by atoms with Crippen molar-refractivity contribution in [2.24, 2.45) is 0 Å². The van der Waals surface area contributed by atoms with E-state index in [4.69, 9.17) is 9.16 Å². The molecule has 19 heavy (non-hydrogen) atoms. The number of hydrogen-bond donors (Lipinski definition) is 1. The van der Waals surface area contributed by atoms with Crippen LogP contribution in [0.5, 0.6) is 5.75 Å². The number of phenolic OH excluding ortho intramolecular Hbond substituents is 1. The van der Waals surface area contributed by atoms with Crippen molar-refractivity contribution in [2.75, 3.05) is 6.61 Å². The fourth-order valence-electron chi connectivity index (χ4n) is 1.68. The van der Waals surface area contributed by atoms with Crippen LogP contribution in [-0.4, -0.2) is 32.1 Å². The van der Waals surface area contributed by atoms with Gasteiger partial charge in [-0.3, -0.25) is 0 Å². The van der Waals surface area contributed by atoms with E-state index in [2.05, 4.69) is 0 Å². The molecule has 1 aromatic rings. The van der Waals surface area contributed by atoms with Crippen molar-refractivity contribution in [3.63, 3.8) is 0 Å². The number of esters is 1. The quantitative estimate of drug-likeness (QED) is 0.644. The Morgan fingerprint density at radius 1 is 1.26 bits per heavy atom. The molecule has 0 amide bonds. The molecule has 0 bridgehead atoms. The molecule has 0 saturated carbocycles. The highest BCUT2D eigenvalue weighted by atomic mass is 28.4. The van der Waals surface area contributed by atoms with Gasteiger partial charge in [0, 0.05) is 6.42 Å². The Hall–Kier alpha value is -1.33. The lowest BCUT2D eigenvalue weighted by atomic mass is 10.1. The molecule has 0 fully saturated rings. The molecule has 5 heteroatoms. The number of carbonyl (C=O) groups excluding carboxylic acids is 1. The fraction of sp³-hybridized carbons (Fsp3) is 0.500. The van der Waals surface area contributed by atoms with Crippen LogP contribution in [0.3, 0.4) is 0 Å². The maximum atomic E-state index is 11.9. The zero-order valence-electron chi connectivity index (χ0n) is 12.0. The van der Waals surface area contributed by atoms with E-state index in [0.717, 1.165) is 5.56 Å². The number of ether oxygens (including phenoxy) is 1. The largest absolute Gasteiger partial charge is 0.508 e. The molecule has 0 aliphatic rings. The minimum atomic E-state index is -1.83. The first-order chi connectivity index (χ1) is 8.81. The van der Waals surface area contributed by atoms with Gasteiger partial charge in [0.05, 0.1) is 6.61 Å². The molecule has 1 rings (SSSR count). The molecule has 1 aromatic carbocycles. The summed E-state index contributed by atoms with van der Waals surface area (Å²) in [6.07, 6.45) is -0.111. The van der Waals surface area contributed by atoms with Crippen LogP contribution in [0.4, 0.5) is 0 Å². The normalized spacial score (nSPS) is 13.1. The smallest absolute Gasteiger partial charge is 0.334 e. The van der Waals surface area contributed by atoms with Gasteiger partial charge < -0.3 is 14.3 Å². The zero-order chi connectivity index (χ0) is 14.5. The Labute approximate surface area is 115 Å². The maximum Gasteiger partial charge on any atom is 0.334 e. The third-order valence-corrected chi connectivity index (χ3v) is 3.39. The second-order valence-corrected chi connectivity index (χ2v) is 9.80. The maximum absolute atomic E-state index is 11.9. The molecule has 1 atom stereocenters. The average Bonchev–Trinajstić information content (AvgIpc) is 2.30. The van der Waals surface area contributed by atoms with E-state index >= 15 is 0 Å². The van der Waals surface area contributed by atoms with Crippen LogP contribution < -0.4 is 0 Å². The van der Waals surface area contributed by atoms with Crippen LogP contribution in [0.25, 0.3) is 0 Å². The van der Waals surface area contributed by atoms with Crippen LogP contribution in [0.1, 0.15) is 12.5 Å². The van der Waals surface area contributed by atoms with E-state index in [-0.39, 0.29) is 11.7 Å². The minimum Gasteiger partial charge on any atom is -0.508 e. The van der Waals surface area contributed by atoms with Gasteiger partial charge in [0.25, 0.3) is 0 Å². The summed E-state index contributed by atoms with van der Waals surface area (Å²) >= 11 is 0. The van der Waals surface area contributed by atoms with E-state index in [0.29, 0.717) is 13.0 Å². The molecule has 1 N–H and O–H groups in total. The predicted molar refractivity (Wildman–Crippen MR) is 76.7 cm³/mol. The van der Waals surface area contributed by atoms with Gasteiger partial charge in [0.15, 0.2) is 8.32 Å². The summed E-state index contributed by atoms with van der Waals surface area (Å²) in [5, 5.41) is 9.25. The predicted octanol–water partition coefficient (Wildman–Crippen LogP) is 2.72. The van der Waals surface area contributed by atoms with Gasteiger partial charge in [-0.05, 0) is 44.3 Å². The van der Waals surface area contributed by atoms with Crippen molar-refractivity contribution in [2.45, 2.75) is 39.1 Å². The Kier molecular flexibility index (Phi) is 5.56. The summed E-state index contributed by atoms with van der Waals surface area (Å²) < 4.78 is 10.9. The molecule has 0 saturated heterocycles. The molecule has 0 aliphatic heterocycles. The van der Waals surface area contributed by atoms with Crippen molar-refractivity contribution in [3.8, 4) is 5.75 Å². The summed E-state index contributed by atoms with van der Waals surface area (Å²) in [5.41, 5.74) is 0.939. The highest BCUT2D eigenvalue weighted by Crippen LogP contribution is 2.16. The molecule has 1 unspecified atom stereocenters. The van der Waals surface area contributed by atoms with E-state index in [1.807, 2.05) is 19.6 Å². The van der Waals surface area contributed by atoms with Gasteiger partial charge in [-0.15, -0.1) is 0 Å². The third kappa shape index (κ3) is 5.89. The molecule has 0 aliphatic carbocycles. The van der Waals surface area contributed by atoms with Crippen LogP contribution >= 0.6 is 0 Å². The summed E-state index contributed by atoms with van der Waals surface area (Å²) in [6, 6.07) is 6.78. The lowest BCUT2D eigenvalue weighted by Gasteiger charge is -2.25. The van der Waals surface area contributed by atoms with Crippen LogP contribution in [0.2, 0.25) is 19.6 Å². The van der Waals surface area contributed by atoms with Gasteiger partial charge in [-0.2, -0.15) is 0 Å². The first-order valence-corrected chi connectivity index (χ1v) is 9.85. The molecule has 106 valence electrons. The molecule has 0 heterocycles. The molecule has 0 aromatic heterocycles. The third-order valence-electron chi connectivity index (χ3n) is 2.40. The standard InChI is InChI=1S/C14H22O4Si/c1-5-17-14(16)13(18-19(2,3)4)10-11-6-8-12(15)9-7-11/h6-9,13,15H,5,10H2,1-4H3.